The molecule has 0 unspecified atom stereocenters. The molecule has 0 aromatic heterocycles. The van der Waals surface area contributed by atoms with Gasteiger partial charge in [0.2, 0.25) is 11.8 Å². The van der Waals surface area contributed by atoms with Crippen LogP contribution in [0.1, 0.15) is 85.6 Å². The Bertz CT molecular complexity index is 1220. The molecule has 1 aromatic rings. The van der Waals surface area contributed by atoms with Crippen LogP contribution in [0.2, 0.25) is 0 Å². The Morgan fingerprint density at radius 2 is 1.60 bits per heavy atom. The van der Waals surface area contributed by atoms with Crippen molar-refractivity contribution in [2.24, 2.45) is 11.0 Å². The van der Waals surface area contributed by atoms with Crippen LogP contribution in [0.15, 0.2) is 29.4 Å². The summed E-state index contributed by atoms with van der Waals surface area (Å²) in [5, 5.41) is 20.7. The van der Waals surface area contributed by atoms with Gasteiger partial charge in [-0.25, -0.2) is 4.79 Å². The number of aliphatic hydroxyl groups excluding tert-OH is 1. The standard InChI is InChI=1S/C32H50N6O9/c1-31(2,3)46-28(42)20-23(29(43)36-24-12-10-22(21-39)11-13-24)19-26(40)25(37-27(41)14-17-45-18-16-35-38-33)9-7-8-15-34-30(44)47-32(4,5)6/h10-13,23,25,39H,7-9,14-21H2,1-6H3,(H,34,44)(H,36,43)(H,37,41)/t23-,25-/m0/s1. The number of rotatable bonds is 20. The second-order valence-electron chi connectivity index (χ2n) is 12.9. The van der Waals surface area contributed by atoms with E-state index in [1.807, 2.05) is 0 Å². The summed E-state index contributed by atoms with van der Waals surface area (Å²) in [7, 11) is 0. The normalized spacial score (nSPS) is 12.6. The summed E-state index contributed by atoms with van der Waals surface area (Å²) in [6.45, 7) is 10.7. The summed E-state index contributed by atoms with van der Waals surface area (Å²) >= 11 is 0. The van der Waals surface area contributed by atoms with Crippen molar-refractivity contribution in [1.29, 1.82) is 0 Å². The van der Waals surface area contributed by atoms with E-state index in [2.05, 4.69) is 26.0 Å². The maximum atomic E-state index is 13.6. The third kappa shape index (κ3) is 19.8. The Hall–Kier alpha value is -4.20. The van der Waals surface area contributed by atoms with Crippen LogP contribution in [0.4, 0.5) is 10.5 Å². The molecule has 4 N–H and O–H groups in total. The number of Topliss-reactive ketones (excluding diaryl/α,β-unsaturated/α-hetero) is 1. The lowest BCUT2D eigenvalue weighted by atomic mass is 9.92. The van der Waals surface area contributed by atoms with Gasteiger partial charge in [0.1, 0.15) is 11.2 Å². The maximum Gasteiger partial charge on any atom is 0.407 e. The fourth-order valence-electron chi connectivity index (χ4n) is 4.14. The number of hydrogen-bond donors (Lipinski definition) is 4. The molecule has 2 atom stereocenters. The number of unbranched alkanes of at least 4 members (excludes halogenated alkanes) is 1. The minimum atomic E-state index is -1.10. The first kappa shape index (κ1) is 40.8. The summed E-state index contributed by atoms with van der Waals surface area (Å²) in [5.41, 5.74) is 7.94. The number of amides is 3. The van der Waals surface area contributed by atoms with E-state index in [4.69, 9.17) is 19.7 Å². The molecule has 0 saturated heterocycles. The van der Waals surface area contributed by atoms with E-state index in [1.54, 1.807) is 65.8 Å². The maximum absolute atomic E-state index is 13.6. The van der Waals surface area contributed by atoms with Gasteiger partial charge >= 0.3 is 12.1 Å². The Labute approximate surface area is 276 Å². The Morgan fingerprint density at radius 1 is 0.936 bits per heavy atom. The number of nitrogens with zero attached hydrogens (tertiary/aromatic N) is 3. The molecule has 0 spiro atoms. The Kier molecular flexibility index (Phi) is 18.1. The number of esters is 1. The van der Waals surface area contributed by atoms with E-state index in [0.717, 1.165) is 0 Å². The van der Waals surface area contributed by atoms with Gasteiger partial charge in [0, 0.05) is 36.5 Å². The summed E-state index contributed by atoms with van der Waals surface area (Å²) in [6.07, 6.45) is -0.233. The number of azide groups is 1. The van der Waals surface area contributed by atoms with Crippen molar-refractivity contribution >= 4 is 35.3 Å². The molecule has 0 aliphatic rings. The van der Waals surface area contributed by atoms with Gasteiger partial charge in [-0.05, 0) is 84.0 Å². The Morgan fingerprint density at radius 3 is 2.19 bits per heavy atom. The molecule has 1 aromatic carbocycles. The molecule has 0 heterocycles. The zero-order valence-corrected chi connectivity index (χ0v) is 28.3. The molecule has 0 saturated carbocycles. The zero-order chi connectivity index (χ0) is 35.5. The molecule has 47 heavy (non-hydrogen) atoms. The minimum absolute atomic E-state index is 0.0340. The molecule has 15 heteroatoms. The van der Waals surface area contributed by atoms with Crippen LogP contribution in [-0.2, 0) is 40.0 Å². The average Bonchev–Trinajstić information content (AvgIpc) is 2.96. The second kappa shape index (κ2) is 20.8. The van der Waals surface area contributed by atoms with Gasteiger partial charge in [-0.2, -0.15) is 0 Å². The smallest absolute Gasteiger partial charge is 0.407 e. The fraction of sp³-hybridized carbons (Fsp3) is 0.656. The fourth-order valence-corrected chi connectivity index (χ4v) is 4.14. The van der Waals surface area contributed by atoms with Crippen molar-refractivity contribution in [3.63, 3.8) is 0 Å². The Balaban J connectivity index is 3.02. The van der Waals surface area contributed by atoms with E-state index in [9.17, 15) is 29.1 Å². The highest BCUT2D eigenvalue weighted by molar-refractivity contribution is 5.99. The van der Waals surface area contributed by atoms with Crippen LogP contribution in [0, 0.1) is 5.92 Å². The highest BCUT2D eigenvalue weighted by Crippen LogP contribution is 2.20. The third-order valence-corrected chi connectivity index (χ3v) is 6.24. The number of benzene rings is 1. The van der Waals surface area contributed by atoms with Crippen molar-refractivity contribution in [3.8, 4) is 0 Å². The average molecular weight is 663 g/mol. The first-order valence-electron chi connectivity index (χ1n) is 15.6. The number of nitrogens with one attached hydrogen (secondary N) is 3. The van der Waals surface area contributed by atoms with Crippen LogP contribution in [0.3, 0.4) is 0 Å². The lowest BCUT2D eigenvalue weighted by molar-refractivity contribution is -0.157. The topological polar surface area (TPSA) is 218 Å². The van der Waals surface area contributed by atoms with Crippen LogP contribution in [-0.4, -0.2) is 78.3 Å². The van der Waals surface area contributed by atoms with Crippen molar-refractivity contribution in [2.45, 2.75) is 104 Å². The van der Waals surface area contributed by atoms with Gasteiger partial charge in [0.05, 0.1) is 38.2 Å². The molecule has 0 aliphatic carbocycles. The SMILES string of the molecule is CC(C)(C)OC(=O)C[C@H](CC(=O)[C@H](CCCCNC(=O)OC(C)(C)C)NC(=O)CCOCCN=[N+]=[N-])C(=O)Nc1ccc(CO)cc1. The monoisotopic (exact) mass is 662 g/mol. The predicted octanol–water partition coefficient (Wildman–Crippen LogP) is 4.32. The summed E-state index contributed by atoms with van der Waals surface area (Å²) < 4.78 is 15.9. The summed E-state index contributed by atoms with van der Waals surface area (Å²) in [5.74, 6) is -3.26. The number of aliphatic hydroxyl groups is 1. The van der Waals surface area contributed by atoms with E-state index < -0.39 is 52.8 Å². The first-order chi connectivity index (χ1) is 22.0. The van der Waals surface area contributed by atoms with Gasteiger partial charge in [-0.3, -0.25) is 19.2 Å². The predicted molar refractivity (Wildman–Crippen MR) is 174 cm³/mol. The molecule has 0 radical (unpaired) electrons. The van der Waals surface area contributed by atoms with E-state index in [-0.39, 0.29) is 58.6 Å². The number of carbonyl (C=O) groups is 5. The largest absolute Gasteiger partial charge is 0.460 e. The van der Waals surface area contributed by atoms with Crippen LogP contribution < -0.4 is 16.0 Å². The number of alkyl carbamates (subject to hydrolysis) is 1. The van der Waals surface area contributed by atoms with Gasteiger partial charge in [0.25, 0.3) is 0 Å². The third-order valence-electron chi connectivity index (χ3n) is 6.24. The van der Waals surface area contributed by atoms with Gasteiger partial charge < -0.3 is 35.3 Å². The van der Waals surface area contributed by atoms with Gasteiger partial charge in [-0.1, -0.05) is 17.2 Å². The first-order valence-corrected chi connectivity index (χ1v) is 15.6. The van der Waals surface area contributed by atoms with E-state index in [0.29, 0.717) is 24.1 Å². The molecule has 0 bridgehead atoms. The summed E-state index contributed by atoms with van der Waals surface area (Å²) in [4.78, 5) is 67.0. The van der Waals surface area contributed by atoms with Crippen LogP contribution in [0.25, 0.3) is 10.4 Å². The van der Waals surface area contributed by atoms with E-state index in [1.165, 1.54) is 0 Å². The molecule has 262 valence electrons. The lowest BCUT2D eigenvalue weighted by Gasteiger charge is -2.24. The molecular formula is C32H50N6O9. The lowest BCUT2D eigenvalue weighted by Crippen LogP contribution is -2.43. The van der Waals surface area contributed by atoms with Crippen LogP contribution >= 0.6 is 0 Å². The van der Waals surface area contributed by atoms with Crippen molar-refractivity contribution < 1.29 is 43.3 Å². The second-order valence-corrected chi connectivity index (χ2v) is 12.9. The molecule has 3 amide bonds. The number of carbonyl (C=O) groups excluding carboxylic acids is 5. The molecule has 1 rings (SSSR count). The zero-order valence-electron chi connectivity index (χ0n) is 28.3. The number of ether oxygens (including phenoxy) is 3. The van der Waals surface area contributed by atoms with Crippen molar-refractivity contribution in [1.82, 2.24) is 10.6 Å². The molecule has 0 fully saturated rings. The minimum Gasteiger partial charge on any atom is -0.460 e. The van der Waals surface area contributed by atoms with Gasteiger partial charge in [0.15, 0.2) is 5.78 Å². The van der Waals surface area contributed by atoms with Gasteiger partial charge in [-0.15, -0.1) is 0 Å². The van der Waals surface area contributed by atoms with Crippen molar-refractivity contribution in [3.05, 3.63) is 40.3 Å². The molecule has 15 nitrogen and oxygen atoms in total. The molecule has 0 aliphatic heterocycles. The quantitative estimate of drug-likeness (QED) is 0.0513. The highest BCUT2D eigenvalue weighted by Gasteiger charge is 2.31. The van der Waals surface area contributed by atoms with E-state index >= 15 is 0 Å². The molecular weight excluding hydrogens is 612 g/mol. The number of anilines is 1. The number of hydrogen-bond acceptors (Lipinski definition) is 10. The van der Waals surface area contributed by atoms with Crippen LogP contribution in [0.5, 0.6) is 0 Å². The number of ketones is 1. The highest BCUT2D eigenvalue weighted by atomic mass is 16.6. The van der Waals surface area contributed by atoms with Crippen molar-refractivity contribution in [2.75, 3.05) is 31.6 Å². The summed E-state index contributed by atoms with van der Waals surface area (Å²) in [6, 6.07) is 5.48.